The molecule has 3 aromatic rings. The van der Waals surface area contributed by atoms with E-state index in [0.717, 1.165) is 11.8 Å². The number of nitrogens with one attached hydrogen (secondary N) is 1. The first kappa shape index (κ1) is 22.6. The van der Waals surface area contributed by atoms with Gasteiger partial charge in [0.1, 0.15) is 12.1 Å². The van der Waals surface area contributed by atoms with E-state index in [-0.39, 0.29) is 10.7 Å². The molecule has 2 unspecified atom stereocenters. The van der Waals surface area contributed by atoms with Crippen LogP contribution in [0.4, 0.5) is 15.9 Å². The lowest BCUT2D eigenvalue weighted by Gasteiger charge is -2.17. The van der Waals surface area contributed by atoms with Crippen molar-refractivity contribution >= 4 is 49.9 Å². The molecule has 0 bridgehead atoms. The van der Waals surface area contributed by atoms with E-state index in [2.05, 4.69) is 43.2 Å². The highest BCUT2D eigenvalue weighted by atomic mass is 79.9. The summed E-state index contributed by atoms with van der Waals surface area (Å²) in [5.74, 6) is 3.27. The third-order valence-corrected chi connectivity index (χ3v) is 7.97. The predicted octanol–water partition coefficient (Wildman–Crippen LogP) is 5.90. The molecule has 2 atom stereocenters. The minimum Gasteiger partial charge on any atom is -0.493 e. The number of hydrogen-bond donors (Lipinski definition) is 1. The summed E-state index contributed by atoms with van der Waals surface area (Å²) < 4.78 is 26.9. The Morgan fingerprint density at radius 1 is 1.18 bits per heavy atom. The van der Waals surface area contributed by atoms with Gasteiger partial charge in [0.2, 0.25) is 0 Å². The standard InChI is InChI=1S/C24H25BrClFN4O2/c1-31-9-14-5-13(6-15(14)10-31)11-33-21-8-19-16(7-20(21)32-2)24(29-12-28-19)30-18-4-3-17(25)22(26)23(18)27/h3-4,7-8,12-15H,5-6,9-11H2,1-2H3,(H,28,29,30). The van der Waals surface area contributed by atoms with Crippen LogP contribution in [0.15, 0.2) is 35.1 Å². The summed E-state index contributed by atoms with van der Waals surface area (Å²) in [6, 6.07) is 6.96. The van der Waals surface area contributed by atoms with Gasteiger partial charge >= 0.3 is 0 Å². The zero-order valence-corrected chi connectivity index (χ0v) is 20.8. The number of ether oxygens (including phenoxy) is 2. The van der Waals surface area contributed by atoms with Crippen LogP contribution in [0.5, 0.6) is 11.5 Å². The summed E-state index contributed by atoms with van der Waals surface area (Å²) in [7, 11) is 3.81. The van der Waals surface area contributed by atoms with Crippen molar-refractivity contribution in [2.24, 2.45) is 17.8 Å². The minimum absolute atomic E-state index is 0.00864. The maximum absolute atomic E-state index is 14.6. The lowest BCUT2D eigenvalue weighted by molar-refractivity contribution is 0.227. The predicted molar refractivity (Wildman–Crippen MR) is 131 cm³/mol. The van der Waals surface area contributed by atoms with Gasteiger partial charge < -0.3 is 19.7 Å². The molecule has 9 heteroatoms. The molecular formula is C24H25BrClFN4O2. The number of nitrogens with zero attached hydrogens (tertiary/aromatic N) is 3. The van der Waals surface area contributed by atoms with Crippen LogP contribution in [-0.2, 0) is 0 Å². The van der Waals surface area contributed by atoms with Gasteiger partial charge in [-0.15, -0.1) is 0 Å². The van der Waals surface area contributed by atoms with Crippen molar-refractivity contribution in [2.75, 3.05) is 39.2 Å². The summed E-state index contributed by atoms with van der Waals surface area (Å²) in [4.78, 5) is 11.1. The molecule has 0 amide bonds. The largest absolute Gasteiger partial charge is 0.493 e. The van der Waals surface area contributed by atoms with E-state index in [1.165, 1.54) is 32.3 Å². The maximum atomic E-state index is 14.6. The van der Waals surface area contributed by atoms with Crippen molar-refractivity contribution in [3.63, 3.8) is 0 Å². The third-order valence-electron chi connectivity index (χ3n) is 6.71. The smallest absolute Gasteiger partial charge is 0.166 e. The van der Waals surface area contributed by atoms with Crippen molar-refractivity contribution in [2.45, 2.75) is 12.8 Å². The Labute approximate surface area is 205 Å². The molecule has 0 radical (unpaired) electrons. The molecule has 174 valence electrons. The lowest BCUT2D eigenvalue weighted by Crippen LogP contribution is -2.18. The highest BCUT2D eigenvalue weighted by Crippen LogP contribution is 2.42. The topological polar surface area (TPSA) is 59.5 Å². The Morgan fingerprint density at radius 3 is 2.67 bits per heavy atom. The summed E-state index contributed by atoms with van der Waals surface area (Å²) in [5.41, 5.74) is 0.900. The van der Waals surface area contributed by atoms with Gasteiger partial charge in [0.05, 0.1) is 29.9 Å². The number of halogens is 3. The molecule has 2 heterocycles. The van der Waals surface area contributed by atoms with Gasteiger partial charge in [-0.05, 0) is 71.8 Å². The highest BCUT2D eigenvalue weighted by Gasteiger charge is 2.39. The molecule has 33 heavy (non-hydrogen) atoms. The molecule has 5 rings (SSSR count). The molecule has 1 N–H and O–H groups in total. The van der Waals surface area contributed by atoms with E-state index in [1.54, 1.807) is 19.2 Å². The number of methoxy groups -OCH3 is 1. The lowest BCUT2D eigenvalue weighted by atomic mass is 10.0. The first-order valence-corrected chi connectivity index (χ1v) is 12.1. The van der Waals surface area contributed by atoms with Crippen molar-refractivity contribution in [1.82, 2.24) is 14.9 Å². The molecule has 1 aromatic heterocycles. The maximum Gasteiger partial charge on any atom is 0.166 e. The van der Waals surface area contributed by atoms with Gasteiger partial charge in [-0.3, -0.25) is 0 Å². The van der Waals surface area contributed by atoms with Crippen LogP contribution >= 0.6 is 27.5 Å². The van der Waals surface area contributed by atoms with Crippen molar-refractivity contribution in [3.8, 4) is 11.5 Å². The normalized spacial score (nSPS) is 22.5. The Balaban J connectivity index is 1.37. The van der Waals surface area contributed by atoms with E-state index in [4.69, 9.17) is 21.1 Å². The highest BCUT2D eigenvalue weighted by molar-refractivity contribution is 9.10. The van der Waals surface area contributed by atoms with Crippen LogP contribution in [0.25, 0.3) is 10.9 Å². The van der Waals surface area contributed by atoms with Gasteiger partial charge in [0.25, 0.3) is 0 Å². The Bertz CT molecular complexity index is 1180. The van der Waals surface area contributed by atoms with Crippen molar-refractivity contribution in [3.05, 3.63) is 45.9 Å². The molecule has 6 nitrogen and oxygen atoms in total. The Hall–Kier alpha value is -2.16. The van der Waals surface area contributed by atoms with E-state index < -0.39 is 5.82 Å². The average Bonchev–Trinajstić information content (AvgIpc) is 3.34. The monoisotopic (exact) mass is 534 g/mol. The summed E-state index contributed by atoms with van der Waals surface area (Å²) in [5, 5.41) is 3.73. The minimum atomic E-state index is -0.558. The molecule has 0 spiro atoms. The van der Waals surface area contributed by atoms with Gasteiger partial charge in [0, 0.05) is 29.0 Å². The Kier molecular flexibility index (Phi) is 6.33. The summed E-state index contributed by atoms with van der Waals surface area (Å²) >= 11 is 9.26. The second-order valence-electron chi connectivity index (χ2n) is 8.98. The number of fused-ring (bicyclic) bond motifs is 2. The molecule has 1 aliphatic heterocycles. The number of likely N-dealkylation sites (tertiary alicyclic amines) is 1. The fourth-order valence-electron chi connectivity index (χ4n) is 5.19. The second-order valence-corrected chi connectivity index (χ2v) is 10.2. The van der Waals surface area contributed by atoms with Crippen molar-refractivity contribution in [1.29, 1.82) is 0 Å². The number of aromatic nitrogens is 2. The molecule has 2 aliphatic rings. The van der Waals surface area contributed by atoms with Gasteiger partial charge in [-0.2, -0.15) is 0 Å². The van der Waals surface area contributed by atoms with Crippen LogP contribution in [0.1, 0.15) is 12.8 Å². The van der Waals surface area contributed by atoms with Crippen molar-refractivity contribution < 1.29 is 13.9 Å². The SMILES string of the molecule is COc1cc2c(Nc3ccc(Br)c(Cl)c3F)ncnc2cc1OCC1CC2CN(C)CC2C1. The van der Waals surface area contributed by atoms with Crippen LogP contribution in [0.2, 0.25) is 5.02 Å². The molecule has 1 saturated heterocycles. The van der Waals surface area contributed by atoms with Crippen LogP contribution in [0.3, 0.4) is 0 Å². The zero-order valence-electron chi connectivity index (χ0n) is 18.4. The zero-order chi connectivity index (χ0) is 23.1. The van der Waals surface area contributed by atoms with E-state index in [0.29, 0.717) is 45.2 Å². The third kappa shape index (κ3) is 4.48. The quantitative estimate of drug-likeness (QED) is 0.397. The number of hydrogen-bond acceptors (Lipinski definition) is 6. The Morgan fingerprint density at radius 2 is 1.94 bits per heavy atom. The number of rotatable bonds is 6. The first-order valence-electron chi connectivity index (χ1n) is 11.0. The molecular weight excluding hydrogens is 511 g/mol. The van der Waals surface area contributed by atoms with Crippen LogP contribution in [0, 0.1) is 23.6 Å². The van der Waals surface area contributed by atoms with E-state index >= 15 is 0 Å². The second kappa shape index (κ2) is 9.24. The van der Waals surface area contributed by atoms with Crippen LogP contribution in [-0.4, -0.2) is 48.7 Å². The fraction of sp³-hybridized carbons (Fsp3) is 0.417. The van der Waals surface area contributed by atoms with Gasteiger partial charge in [0.15, 0.2) is 17.3 Å². The molecule has 2 fully saturated rings. The number of benzene rings is 2. The average molecular weight is 536 g/mol. The van der Waals surface area contributed by atoms with Gasteiger partial charge in [-0.25, -0.2) is 14.4 Å². The fourth-order valence-corrected chi connectivity index (χ4v) is 5.66. The van der Waals surface area contributed by atoms with Gasteiger partial charge in [-0.1, -0.05) is 11.6 Å². The molecule has 1 aliphatic carbocycles. The first-order chi connectivity index (χ1) is 15.9. The van der Waals surface area contributed by atoms with Crippen LogP contribution < -0.4 is 14.8 Å². The van der Waals surface area contributed by atoms with E-state index in [1.807, 2.05) is 12.1 Å². The molecule has 1 saturated carbocycles. The summed E-state index contributed by atoms with van der Waals surface area (Å²) in [6.07, 6.45) is 3.86. The summed E-state index contributed by atoms with van der Waals surface area (Å²) in [6.45, 7) is 3.05. The van der Waals surface area contributed by atoms with E-state index in [9.17, 15) is 4.39 Å². The number of anilines is 2. The molecule has 2 aromatic carbocycles.